The zero-order valence-electron chi connectivity index (χ0n) is 18.7. The summed E-state index contributed by atoms with van der Waals surface area (Å²) in [6.45, 7) is 2.60. The molecule has 174 valence electrons. The van der Waals surface area contributed by atoms with E-state index in [9.17, 15) is 18.8 Å². The fourth-order valence-electron chi connectivity index (χ4n) is 4.59. The van der Waals surface area contributed by atoms with Crippen molar-refractivity contribution in [3.63, 3.8) is 0 Å². The monoisotopic (exact) mass is 460 g/mol. The lowest BCUT2D eigenvalue weighted by Gasteiger charge is -2.35. The van der Waals surface area contributed by atoms with Crippen LogP contribution in [-0.4, -0.2) is 76.7 Å². The number of piperazine rings is 1. The van der Waals surface area contributed by atoms with Crippen LogP contribution >= 0.6 is 0 Å². The molecule has 2 fully saturated rings. The van der Waals surface area contributed by atoms with Crippen LogP contribution in [0.3, 0.4) is 0 Å². The standard InChI is InChI=1S/C26H25FN4O3/c27-19-9-7-18(8-10-19)23-17-21(20-5-1-2-6-22(20)28-23)24(32)30-13-15-31(16-14-30)26(34)25(33)29-11-3-4-12-29/h1-2,5-10,17H,3-4,11-16H2. The molecule has 0 saturated carbocycles. The molecule has 2 saturated heterocycles. The predicted molar refractivity (Wildman–Crippen MR) is 125 cm³/mol. The molecule has 1 aromatic heterocycles. The molecule has 2 aliphatic rings. The number of carbonyl (C=O) groups excluding carboxylic acids is 3. The summed E-state index contributed by atoms with van der Waals surface area (Å²) in [5.41, 5.74) is 2.50. The van der Waals surface area contributed by atoms with Crippen LogP contribution < -0.4 is 0 Å². The molecule has 0 unspecified atom stereocenters. The highest BCUT2D eigenvalue weighted by Crippen LogP contribution is 2.26. The van der Waals surface area contributed by atoms with Gasteiger partial charge in [-0.15, -0.1) is 0 Å². The van der Waals surface area contributed by atoms with Crippen molar-refractivity contribution in [2.45, 2.75) is 12.8 Å². The Bertz CT molecular complexity index is 1250. The number of rotatable bonds is 2. The van der Waals surface area contributed by atoms with Gasteiger partial charge in [-0.1, -0.05) is 18.2 Å². The molecule has 3 heterocycles. The van der Waals surface area contributed by atoms with Crippen molar-refractivity contribution in [3.05, 3.63) is 66.0 Å². The van der Waals surface area contributed by atoms with E-state index in [4.69, 9.17) is 0 Å². The maximum Gasteiger partial charge on any atom is 0.312 e. The minimum atomic E-state index is -0.484. The second-order valence-electron chi connectivity index (χ2n) is 8.66. The Hall–Kier alpha value is -3.81. The van der Waals surface area contributed by atoms with Crippen molar-refractivity contribution in [2.75, 3.05) is 39.3 Å². The Morgan fingerprint density at radius 1 is 0.735 bits per heavy atom. The number of amides is 3. The van der Waals surface area contributed by atoms with Crippen LogP contribution in [0.1, 0.15) is 23.2 Å². The molecule has 0 N–H and O–H groups in total. The van der Waals surface area contributed by atoms with Crippen LogP contribution in [0.15, 0.2) is 54.6 Å². The number of likely N-dealkylation sites (tertiary alicyclic amines) is 1. The number of aromatic nitrogens is 1. The van der Waals surface area contributed by atoms with E-state index in [0.29, 0.717) is 56.0 Å². The van der Waals surface area contributed by atoms with E-state index in [-0.39, 0.29) is 11.7 Å². The normalized spacial score (nSPS) is 16.2. The van der Waals surface area contributed by atoms with Gasteiger partial charge in [0.25, 0.3) is 5.91 Å². The third-order valence-corrected chi connectivity index (χ3v) is 6.52. The number of benzene rings is 2. The molecule has 8 heteroatoms. The first-order valence-electron chi connectivity index (χ1n) is 11.5. The first-order valence-corrected chi connectivity index (χ1v) is 11.5. The van der Waals surface area contributed by atoms with E-state index in [1.165, 1.54) is 12.1 Å². The summed E-state index contributed by atoms with van der Waals surface area (Å²) >= 11 is 0. The van der Waals surface area contributed by atoms with E-state index in [1.807, 2.05) is 24.3 Å². The van der Waals surface area contributed by atoms with Crippen LogP contribution in [0.4, 0.5) is 4.39 Å². The summed E-state index contributed by atoms with van der Waals surface area (Å²) in [5, 5.41) is 0.737. The Balaban J connectivity index is 1.36. The van der Waals surface area contributed by atoms with Gasteiger partial charge in [-0.05, 0) is 49.2 Å². The number of hydrogen-bond donors (Lipinski definition) is 0. The molecule has 2 aliphatic heterocycles. The van der Waals surface area contributed by atoms with Crippen LogP contribution in [-0.2, 0) is 9.59 Å². The third kappa shape index (κ3) is 4.23. The zero-order valence-corrected chi connectivity index (χ0v) is 18.7. The van der Waals surface area contributed by atoms with Gasteiger partial charge >= 0.3 is 11.8 Å². The number of nitrogens with zero attached hydrogens (tertiary/aromatic N) is 4. The molecule has 0 spiro atoms. The minimum absolute atomic E-state index is 0.153. The first-order chi connectivity index (χ1) is 16.5. The summed E-state index contributed by atoms with van der Waals surface area (Å²) < 4.78 is 13.4. The van der Waals surface area contributed by atoms with Gasteiger partial charge in [0.2, 0.25) is 0 Å². The van der Waals surface area contributed by atoms with Crippen molar-refractivity contribution in [1.29, 1.82) is 0 Å². The Morgan fingerprint density at radius 2 is 1.32 bits per heavy atom. The molecular weight excluding hydrogens is 435 g/mol. The minimum Gasteiger partial charge on any atom is -0.335 e. The van der Waals surface area contributed by atoms with Gasteiger partial charge in [-0.25, -0.2) is 9.37 Å². The maximum atomic E-state index is 13.5. The van der Waals surface area contributed by atoms with Crippen LogP contribution in [0.2, 0.25) is 0 Å². The number of para-hydroxylation sites is 1. The van der Waals surface area contributed by atoms with E-state index in [0.717, 1.165) is 23.8 Å². The topological polar surface area (TPSA) is 73.8 Å². The van der Waals surface area contributed by atoms with E-state index in [2.05, 4.69) is 4.98 Å². The van der Waals surface area contributed by atoms with Gasteiger partial charge in [0.15, 0.2) is 0 Å². The van der Waals surface area contributed by atoms with E-state index >= 15 is 0 Å². The molecule has 0 radical (unpaired) electrons. The molecule has 0 atom stereocenters. The van der Waals surface area contributed by atoms with Crippen LogP contribution in [0.5, 0.6) is 0 Å². The van der Waals surface area contributed by atoms with Gasteiger partial charge in [0.1, 0.15) is 5.82 Å². The summed E-state index contributed by atoms with van der Waals surface area (Å²) in [6.07, 6.45) is 1.86. The second-order valence-corrected chi connectivity index (χ2v) is 8.66. The number of pyridine rings is 1. The summed E-state index contributed by atoms with van der Waals surface area (Å²) in [5.74, 6) is -1.42. The number of hydrogen-bond acceptors (Lipinski definition) is 4. The molecular formula is C26H25FN4O3. The molecule has 3 aromatic rings. The summed E-state index contributed by atoms with van der Waals surface area (Å²) in [4.78, 5) is 48.1. The quantitative estimate of drug-likeness (QED) is 0.552. The van der Waals surface area contributed by atoms with E-state index < -0.39 is 11.8 Å². The molecule has 3 amide bonds. The molecule has 7 nitrogen and oxygen atoms in total. The van der Waals surface area contributed by atoms with Crippen molar-refractivity contribution in [2.24, 2.45) is 0 Å². The first kappa shape index (κ1) is 22.0. The average Bonchev–Trinajstić information content (AvgIpc) is 3.42. The molecule has 0 aliphatic carbocycles. The number of carbonyl (C=O) groups is 3. The highest BCUT2D eigenvalue weighted by molar-refractivity contribution is 6.35. The fraction of sp³-hybridized carbons (Fsp3) is 0.308. The Kier molecular flexibility index (Phi) is 5.96. The highest BCUT2D eigenvalue weighted by Gasteiger charge is 2.32. The highest BCUT2D eigenvalue weighted by atomic mass is 19.1. The molecule has 34 heavy (non-hydrogen) atoms. The van der Waals surface area contributed by atoms with Gasteiger partial charge in [0.05, 0.1) is 16.8 Å². The SMILES string of the molecule is O=C(C(=O)N1CCN(C(=O)c2cc(-c3ccc(F)cc3)nc3ccccc23)CC1)N1CCCC1. The lowest BCUT2D eigenvalue weighted by molar-refractivity contribution is -0.152. The van der Waals surface area contributed by atoms with Crippen molar-refractivity contribution in [1.82, 2.24) is 19.7 Å². The Labute approximate surface area is 196 Å². The van der Waals surface area contributed by atoms with Crippen molar-refractivity contribution in [3.8, 4) is 11.3 Å². The van der Waals surface area contributed by atoms with Gasteiger partial charge in [-0.3, -0.25) is 14.4 Å². The smallest absolute Gasteiger partial charge is 0.312 e. The largest absolute Gasteiger partial charge is 0.335 e. The van der Waals surface area contributed by atoms with Gasteiger partial charge in [-0.2, -0.15) is 0 Å². The predicted octanol–water partition coefficient (Wildman–Crippen LogP) is 2.95. The lowest BCUT2D eigenvalue weighted by Crippen LogP contribution is -2.54. The van der Waals surface area contributed by atoms with Gasteiger partial charge in [0, 0.05) is 50.2 Å². The number of fused-ring (bicyclic) bond motifs is 1. The molecule has 2 aromatic carbocycles. The lowest BCUT2D eigenvalue weighted by atomic mass is 10.0. The maximum absolute atomic E-state index is 13.5. The average molecular weight is 461 g/mol. The zero-order chi connectivity index (χ0) is 23.7. The fourth-order valence-corrected chi connectivity index (χ4v) is 4.59. The summed E-state index contributed by atoms with van der Waals surface area (Å²) in [6, 6.07) is 15.2. The molecule has 5 rings (SSSR count). The molecule has 0 bridgehead atoms. The van der Waals surface area contributed by atoms with Crippen molar-refractivity contribution >= 4 is 28.6 Å². The second kappa shape index (κ2) is 9.21. The van der Waals surface area contributed by atoms with Gasteiger partial charge < -0.3 is 14.7 Å². The van der Waals surface area contributed by atoms with E-state index in [1.54, 1.807) is 32.9 Å². The third-order valence-electron chi connectivity index (χ3n) is 6.52. The van der Waals surface area contributed by atoms with Crippen LogP contribution in [0.25, 0.3) is 22.2 Å². The van der Waals surface area contributed by atoms with Crippen LogP contribution in [0, 0.1) is 5.82 Å². The Morgan fingerprint density at radius 3 is 2.00 bits per heavy atom. The summed E-state index contributed by atoms with van der Waals surface area (Å²) in [7, 11) is 0. The van der Waals surface area contributed by atoms with Crippen molar-refractivity contribution < 1.29 is 18.8 Å². The number of halogens is 1.